The minimum Gasteiger partial charge on any atom is -0.0654 e. The highest BCUT2D eigenvalue weighted by molar-refractivity contribution is 5.09. The highest BCUT2D eigenvalue weighted by Crippen LogP contribution is 2.68. The zero-order chi connectivity index (χ0) is 26.1. The fraction of sp³-hybridized carbons (Fsp3) is 1.00. The molecule has 0 heteroatoms. The number of fused-ring (bicyclic) bond motifs is 3. The second-order valence-electron chi connectivity index (χ2n) is 15.3. The Balaban J connectivity index is 1.49. The van der Waals surface area contributed by atoms with E-state index >= 15 is 0 Å². The predicted octanol–water partition coefficient (Wildman–Crippen LogP) is 12.4. The number of hydrogen-bond acceptors (Lipinski definition) is 0. The zero-order valence-corrected chi connectivity index (χ0v) is 26.1. The Bertz CT molecular complexity index is 596. The molecule has 0 aromatic carbocycles. The summed E-state index contributed by atoms with van der Waals surface area (Å²) in [5.74, 6) is 8.55. The monoisotopic (exact) mass is 513 g/mol. The third kappa shape index (κ3) is 7.60. The maximum Gasteiger partial charge on any atom is -0.0235 e. The smallest absolute Gasteiger partial charge is 0.0235 e. The Kier molecular flexibility index (Phi) is 12.2. The molecule has 0 bridgehead atoms. The van der Waals surface area contributed by atoms with E-state index in [2.05, 4.69) is 27.7 Å². The molecule has 4 saturated carbocycles. The van der Waals surface area contributed by atoms with Crippen LogP contribution in [0.3, 0.4) is 0 Å². The second-order valence-corrected chi connectivity index (χ2v) is 15.3. The molecule has 6 unspecified atom stereocenters. The molecule has 0 aromatic heterocycles. The van der Waals surface area contributed by atoms with E-state index in [9.17, 15) is 0 Å². The van der Waals surface area contributed by atoms with Crippen molar-refractivity contribution in [3.63, 3.8) is 0 Å². The van der Waals surface area contributed by atoms with E-state index in [1.165, 1.54) is 77.0 Å². The van der Waals surface area contributed by atoms with Crippen molar-refractivity contribution >= 4 is 0 Å². The molecule has 0 aliphatic heterocycles. The van der Waals surface area contributed by atoms with Gasteiger partial charge in [-0.1, -0.05) is 124 Å². The molecule has 4 aliphatic carbocycles. The van der Waals surface area contributed by atoms with Crippen molar-refractivity contribution in [2.45, 2.75) is 182 Å². The minimum absolute atomic E-state index is 0.722. The Morgan fingerprint density at radius 3 is 1.51 bits per heavy atom. The van der Waals surface area contributed by atoms with Gasteiger partial charge >= 0.3 is 0 Å². The third-order valence-electron chi connectivity index (χ3n) is 12.9. The van der Waals surface area contributed by atoms with E-state index in [0.29, 0.717) is 0 Å². The van der Waals surface area contributed by atoms with Crippen molar-refractivity contribution in [2.75, 3.05) is 0 Å². The van der Waals surface area contributed by atoms with Crippen LogP contribution in [0.15, 0.2) is 0 Å². The van der Waals surface area contributed by atoms with Crippen LogP contribution in [-0.4, -0.2) is 0 Å². The lowest BCUT2D eigenvalue weighted by molar-refractivity contribution is 0.0189. The lowest BCUT2D eigenvalue weighted by atomic mass is 9.57. The second kappa shape index (κ2) is 15.1. The topological polar surface area (TPSA) is 0 Å². The number of hydrogen-bond donors (Lipinski definition) is 0. The first kappa shape index (κ1) is 30.0. The summed E-state index contributed by atoms with van der Waals surface area (Å²) in [6.45, 7) is 9.86. The first-order valence-electron chi connectivity index (χ1n) is 18.1. The van der Waals surface area contributed by atoms with Crippen LogP contribution in [0.2, 0.25) is 0 Å². The average molecular weight is 513 g/mol. The van der Waals surface area contributed by atoms with Crippen molar-refractivity contribution in [2.24, 2.45) is 52.8 Å². The van der Waals surface area contributed by atoms with Crippen LogP contribution in [-0.2, 0) is 0 Å². The van der Waals surface area contributed by atoms with Gasteiger partial charge in [0.2, 0.25) is 0 Å². The quantitative estimate of drug-likeness (QED) is 0.191. The first-order valence-corrected chi connectivity index (χ1v) is 18.1. The predicted molar refractivity (Wildman–Crippen MR) is 164 cm³/mol. The Morgan fingerprint density at radius 2 is 0.919 bits per heavy atom. The summed E-state index contributed by atoms with van der Waals surface area (Å²) in [5, 5.41) is 0. The van der Waals surface area contributed by atoms with Crippen LogP contribution in [0.5, 0.6) is 0 Å². The fourth-order valence-corrected chi connectivity index (χ4v) is 10.8. The van der Waals surface area contributed by atoms with Gasteiger partial charge in [0.15, 0.2) is 0 Å². The highest BCUT2D eigenvalue weighted by Gasteiger charge is 2.60. The maximum atomic E-state index is 2.62. The summed E-state index contributed by atoms with van der Waals surface area (Å²) in [6.07, 6.45) is 36.8. The van der Waals surface area contributed by atoms with Crippen molar-refractivity contribution in [3.05, 3.63) is 0 Å². The molecule has 216 valence electrons. The van der Waals surface area contributed by atoms with Crippen molar-refractivity contribution in [3.8, 4) is 0 Å². The van der Waals surface area contributed by atoms with E-state index in [1.54, 1.807) is 77.0 Å². The summed E-state index contributed by atoms with van der Waals surface area (Å²) in [6, 6.07) is 0. The fourth-order valence-electron chi connectivity index (χ4n) is 10.8. The molecule has 4 rings (SSSR count). The lowest BCUT2D eigenvalue weighted by Crippen LogP contribution is -2.39. The molecule has 37 heavy (non-hydrogen) atoms. The molecule has 0 radical (unpaired) electrons. The summed E-state index contributed by atoms with van der Waals surface area (Å²) in [7, 11) is 0. The molecule has 0 spiro atoms. The van der Waals surface area contributed by atoms with E-state index in [-0.39, 0.29) is 0 Å². The molecule has 0 heterocycles. The summed E-state index contributed by atoms with van der Waals surface area (Å²) < 4.78 is 0. The minimum atomic E-state index is 0.722. The van der Waals surface area contributed by atoms with Crippen molar-refractivity contribution in [1.29, 1.82) is 0 Å². The van der Waals surface area contributed by atoms with Gasteiger partial charge in [0.05, 0.1) is 0 Å². The standard InChI is InChI=1S/C37H68/c1-5-7-9-11-13-15-25-37(26-16-14-12-10-8-6-2)35-27-30(4)19-23-33(35)34-24-22-32(28-36(34)37)31-20-17-29(3)18-21-31/h29-36H,5-28H2,1-4H3. The van der Waals surface area contributed by atoms with Crippen LogP contribution in [0.25, 0.3) is 0 Å². The molecule has 0 amide bonds. The van der Waals surface area contributed by atoms with Gasteiger partial charge < -0.3 is 0 Å². The van der Waals surface area contributed by atoms with Crippen LogP contribution in [0.1, 0.15) is 182 Å². The Hall–Kier alpha value is 0. The van der Waals surface area contributed by atoms with E-state index in [1.807, 2.05) is 0 Å². The molecular formula is C37H68. The van der Waals surface area contributed by atoms with Crippen LogP contribution < -0.4 is 0 Å². The third-order valence-corrected chi connectivity index (χ3v) is 12.9. The highest BCUT2D eigenvalue weighted by atomic mass is 14.6. The molecule has 6 atom stereocenters. The Morgan fingerprint density at radius 1 is 0.459 bits per heavy atom. The van der Waals surface area contributed by atoms with E-state index in [4.69, 9.17) is 0 Å². The average Bonchev–Trinajstić information content (AvgIpc) is 3.17. The molecular weight excluding hydrogens is 444 g/mol. The molecule has 4 fully saturated rings. The van der Waals surface area contributed by atoms with Gasteiger partial charge in [-0.05, 0) is 111 Å². The number of rotatable bonds is 15. The van der Waals surface area contributed by atoms with Crippen LogP contribution in [0.4, 0.5) is 0 Å². The summed E-state index contributed by atoms with van der Waals surface area (Å²) >= 11 is 0. The summed E-state index contributed by atoms with van der Waals surface area (Å²) in [4.78, 5) is 0. The van der Waals surface area contributed by atoms with Gasteiger partial charge in [-0.25, -0.2) is 0 Å². The molecule has 0 aromatic rings. The molecule has 0 N–H and O–H groups in total. The van der Waals surface area contributed by atoms with E-state index < -0.39 is 0 Å². The van der Waals surface area contributed by atoms with Crippen LogP contribution >= 0.6 is 0 Å². The van der Waals surface area contributed by atoms with Crippen LogP contribution in [0, 0.1) is 52.8 Å². The maximum absolute atomic E-state index is 2.62. The van der Waals surface area contributed by atoms with Gasteiger partial charge in [-0.2, -0.15) is 0 Å². The van der Waals surface area contributed by atoms with Gasteiger partial charge in [0.1, 0.15) is 0 Å². The van der Waals surface area contributed by atoms with E-state index in [0.717, 1.165) is 52.8 Å². The largest absolute Gasteiger partial charge is 0.0654 e. The SMILES string of the molecule is CCCCCCCCC1(CCCCCCCC)C2CC(C)CCC2C2CCC(C3CCC(C)CC3)CC21. The molecule has 0 nitrogen and oxygen atoms in total. The van der Waals surface area contributed by atoms with Gasteiger partial charge in [0, 0.05) is 0 Å². The van der Waals surface area contributed by atoms with Crippen molar-refractivity contribution in [1.82, 2.24) is 0 Å². The molecule has 4 aliphatic rings. The van der Waals surface area contributed by atoms with Gasteiger partial charge in [-0.3, -0.25) is 0 Å². The lowest BCUT2D eigenvalue weighted by Gasteiger charge is -2.48. The zero-order valence-electron chi connectivity index (χ0n) is 26.1. The number of unbranched alkanes of at least 4 members (excludes halogenated alkanes) is 10. The van der Waals surface area contributed by atoms with Crippen molar-refractivity contribution < 1.29 is 0 Å². The Labute approximate surface area is 234 Å². The molecule has 0 saturated heterocycles. The van der Waals surface area contributed by atoms with Gasteiger partial charge in [-0.15, -0.1) is 0 Å². The van der Waals surface area contributed by atoms with Gasteiger partial charge in [0.25, 0.3) is 0 Å². The first-order chi connectivity index (χ1) is 18.1. The normalized spacial score (nSPS) is 37.3. The summed E-state index contributed by atoms with van der Waals surface area (Å²) in [5.41, 5.74) is 0.722.